The molecule has 1 aliphatic heterocycles. The van der Waals surface area contributed by atoms with Crippen molar-refractivity contribution in [3.63, 3.8) is 0 Å². The van der Waals surface area contributed by atoms with Gasteiger partial charge in [-0.25, -0.2) is 8.42 Å². The maximum Gasteiger partial charge on any atom is 0.244 e. The molecule has 28 heavy (non-hydrogen) atoms. The second-order valence-electron chi connectivity index (χ2n) is 6.63. The molecule has 0 spiro atoms. The third kappa shape index (κ3) is 4.59. The van der Waals surface area contributed by atoms with Gasteiger partial charge in [-0.2, -0.15) is 9.57 Å². The highest BCUT2D eigenvalue weighted by atomic mass is 35.5. The Morgan fingerprint density at radius 2 is 1.79 bits per heavy atom. The molecule has 1 heterocycles. The van der Waals surface area contributed by atoms with Crippen molar-refractivity contribution in [2.45, 2.75) is 23.3 Å². The Labute approximate surface area is 173 Å². The number of piperidine rings is 1. The third-order valence-corrected chi connectivity index (χ3v) is 7.27. The molecule has 2 aromatic carbocycles. The van der Waals surface area contributed by atoms with Crippen molar-refractivity contribution in [1.29, 1.82) is 5.26 Å². The molecule has 0 aromatic heterocycles. The van der Waals surface area contributed by atoms with Gasteiger partial charge < -0.3 is 9.84 Å². The fourth-order valence-corrected chi connectivity index (χ4v) is 5.14. The normalized spacial score (nSPS) is 17.1. The number of nitrogens with zero attached hydrogens (tertiary/aromatic N) is 2. The zero-order chi connectivity index (χ0) is 20.4. The Bertz CT molecular complexity index is 996. The van der Waals surface area contributed by atoms with E-state index in [0.29, 0.717) is 16.3 Å². The van der Waals surface area contributed by atoms with E-state index in [9.17, 15) is 13.5 Å². The van der Waals surface area contributed by atoms with Crippen LogP contribution in [-0.2, 0) is 10.0 Å². The van der Waals surface area contributed by atoms with Crippen molar-refractivity contribution < 1.29 is 18.3 Å². The average molecular weight is 441 g/mol. The predicted octanol–water partition coefficient (Wildman–Crippen LogP) is 3.46. The Kier molecular flexibility index (Phi) is 6.18. The highest BCUT2D eigenvalue weighted by Gasteiger charge is 2.38. The summed E-state index contributed by atoms with van der Waals surface area (Å²) in [6.07, 6.45) is 0.460. The van der Waals surface area contributed by atoms with Gasteiger partial charge in [0.1, 0.15) is 22.9 Å². The number of halogens is 2. The first kappa shape index (κ1) is 20.9. The highest BCUT2D eigenvalue weighted by Crippen LogP contribution is 2.31. The number of ether oxygens (including phenoxy) is 1. The average Bonchev–Trinajstić information content (AvgIpc) is 2.67. The van der Waals surface area contributed by atoms with Gasteiger partial charge in [0.05, 0.1) is 16.7 Å². The molecule has 1 N–H and O–H groups in total. The zero-order valence-corrected chi connectivity index (χ0v) is 17.1. The summed E-state index contributed by atoms with van der Waals surface area (Å²) in [6, 6.07) is 12.8. The van der Waals surface area contributed by atoms with E-state index in [1.165, 1.54) is 22.5 Å². The van der Waals surface area contributed by atoms with Crippen LogP contribution in [0.5, 0.6) is 5.75 Å². The van der Waals surface area contributed by atoms with Gasteiger partial charge in [-0.05, 0) is 55.3 Å². The molecule has 1 aliphatic rings. The van der Waals surface area contributed by atoms with Crippen molar-refractivity contribution in [3.8, 4) is 11.8 Å². The molecule has 0 saturated carbocycles. The van der Waals surface area contributed by atoms with Crippen LogP contribution in [0.2, 0.25) is 10.0 Å². The fraction of sp³-hybridized carbons (Fsp3) is 0.316. The first-order chi connectivity index (χ1) is 13.2. The van der Waals surface area contributed by atoms with E-state index in [1.807, 2.05) is 6.07 Å². The minimum atomic E-state index is -3.77. The predicted molar refractivity (Wildman–Crippen MR) is 106 cm³/mol. The Hall–Kier alpha value is -1.82. The molecule has 0 bridgehead atoms. The minimum Gasteiger partial charge on any atom is -0.491 e. The molecule has 2 aromatic rings. The van der Waals surface area contributed by atoms with Gasteiger partial charge in [0, 0.05) is 18.1 Å². The van der Waals surface area contributed by atoms with Gasteiger partial charge in [-0.15, -0.1) is 0 Å². The van der Waals surface area contributed by atoms with Crippen molar-refractivity contribution >= 4 is 33.2 Å². The molecular weight excluding hydrogens is 423 g/mol. The summed E-state index contributed by atoms with van der Waals surface area (Å²) in [5.74, 6) is 0.537. The molecule has 1 fully saturated rings. The summed E-state index contributed by atoms with van der Waals surface area (Å²) < 4.78 is 32.6. The van der Waals surface area contributed by atoms with Crippen LogP contribution in [0.3, 0.4) is 0 Å². The smallest absolute Gasteiger partial charge is 0.244 e. The number of benzene rings is 2. The molecule has 0 atom stereocenters. The van der Waals surface area contributed by atoms with E-state index in [2.05, 4.69) is 0 Å². The van der Waals surface area contributed by atoms with Gasteiger partial charge in [-0.1, -0.05) is 23.2 Å². The van der Waals surface area contributed by atoms with Crippen LogP contribution < -0.4 is 4.74 Å². The summed E-state index contributed by atoms with van der Waals surface area (Å²) in [4.78, 5) is -0.00200. The number of hydrogen-bond donors (Lipinski definition) is 1. The SMILES string of the molecule is N#Cc1ccc(OCC2(O)CCN(S(=O)(=O)c3ccc(Cl)cc3Cl)CC2)cc1. The molecule has 3 rings (SSSR count). The van der Waals surface area contributed by atoms with E-state index in [1.54, 1.807) is 24.3 Å². The van der Waals surface area contributed by atoms with Crippen molar-refractivity contribution in [1.82, 2.24) is 4.31 Å². The first-order valence-electron chi connectivity index (χ1n) is 8.54. The lowest BCUT2D eigenvalue weighted by Crippen LogP contribution is -2.49. The van der Waals surface area contributed by atoms with E-state index < -0.39 is 15.6 Å². The summed E-state index contributed by atoms with van der Waals surface area (Å²) >= 11 is 11.9. The van der Waals surface area contributed by atoms with Crippen LogP contribution in [0.25, 0.3) is 0 Å². The maximum atomic E-state index is 12.8. The maximum absolute atomic E-state index is 12.8. The first-order valence-corrected chi connectivity index (χ1v) is 10.7. The number of hydrogen-bond acceptors (Lipinski definition) is 5. The van der Waals surface area contributed by atoms with Gasteiger partial charge in [-0.3, -0.25) is 0 Å². The van der Waals surface area contributed by atoms with Gasteiger partial charge in [0.2, 0.25) is 10.0 Å². The van der Waals surface area contributed by atoms with E-state index in [4.69, 9.17) is 33.2 Å². The van der Waals surface area contributed by atoms with Crippen molar-refractivity contribution in [2.24, 2.45) is 0 Å². The molecule has 0 radical (unpaired) electrons. The molecule has 0 aliphatic carbocycles. The van der Waals surface area contributed by atoms with Crippen LogP contribution in [0.15, 0.2) is 47.4 Å². The number of rotatable bonds is 5. The lowest BCUT2D eigenvalue weighted by molar-refractivity contribution is -0.0403. The van der Waals surface area contributed by atoms with Crippen molar-refractivity contribution in [2.75, 3.05) is 19.7 Å². The topological polar surface area (TPSA) is 90.6 Å². The number of aliphatic hydroxyl groups is 1. The van der Waals surface area contributed by atoms with Gasteiger partial charge in [0.15, 0.2) is 0 Å². The Morgan fingerprint density at radius 3 is 2.36 bits per heavy atom. The minimum absolute atomic E-state index is 0.00200. The van der Waals surface area contributed by atoms with Crippen LogP contribution >= 0.6 is 23.2 Å². The van der Waals surface area contributed by atoms with Gasteiger partial charge in [0.25, 0.3) is 0 Å². The monoisotopic (exact) mass is 440 g/mol. The van der Waals surface area contributed by atoms with Crippen LogP contribution in [0.4, 0.5) is 0 Å². The summed E-state index contributed by atoms with van der Waals surface area (Å²) in [7, 11) is -3.77. The second-order valence-corrected chi connectivity index (χ2v) is 9.38. The number of sulfonamides is 1. The molecular formula is C19H18Cl2N2O4S. The highest BCUT2D eigenvalue weighted by molar-refractivity contribution is 7.89. The standard InChI is InChI=1S/C19H18Cl2N2O4S/c20-15-3-6-18(17(21)11-15)28(25,26)23-9-7-19(24,8-10-23)13-27-16-4-1-14(12-22)2-5-16/h1-6,11,24H,7-10,13H2. The summed E-state index contributed by atoms with van der Waals surface area (Å²) in [5.41, 5.74) is -0.616. The lowest BCUT2D eigenvalue weighted by atomic mass is 9.93. The molecule has 0 unspecified atom stereocenters. The summed E-state index contributed by atoms with van der Waals surface area (Å²) in [5, 5.41) is 20.0. The lowest BCUT2D eigenvalue weighted by Gasteiger charge is -2.37. The van der Waals surface area contributed by atoms with E-state index in [-0.39, 0.29) is 42.5 Å². The second kappa shape index (κ2) is 8.27. The molecule has 1 saturated heterocycles. The van der Waals surface area contributed by atoms with E-state index >= 15 is 0 Å². The van der Waals surface area contributed by atoms with Crippen molar-refractivity contribution in [3.05, 3.63) is 58.1 Å². The fourth-order valence-electron chi connectivity index (χ4n) is 2.95. The van der Waals surface area contributed by atoms with Crippen LogP contribution in [-0.4, -0.2) is 43.1 Å². The zero-order valence-electron chi connectivity index (χ0n) is 14.8. The van der Waals surface area contributed by atoms with Gasteiger partial charge >= 0.3 is 0 Å². The molecule has 9 heteroatoms. The van der Waals surface area contributed by atoms with Crippen LogP contribution in [0.1, 0.15) is 18.4 Å². The molecule has 6 nitrogen and oxygen atoms in total. The molecule has 0 amide bonds. The summed E-state index contributed by atoms with van der Waals surface area (Å²) in [6.45, 7) is 0.331. The third-order valence-electron chi connectivity index (χ3n) is 4.66. The largest absolute Gasteiger partial charge is 0.491 e. The van der Waals surface area contributed by atoms with Crippen LogP contribution in [0, 0.1) is 11.3 Å². The molecule has 148 valence electrons. The van der Waals surface area contributed by atoms with E-state index in [0.717, 1.165) is 0 Å². The Morgan fingerprint density at radius 1 is 1.14 bits per heavy atom. The quantitative estimate of drug-likeness (QED) is 0.768. The Balaban J connectivity index is 1.63. The number of nitriles is 1.